The third-order valence-electron chi connectivity index (χ3n) is 5.72. The van der Waals surface area contributed by atoms with Gasteiger partial charge in [0.1, 0.15) is 0 Å². The van der Waals surface area contributed by atoms with Gasteiger partial charge in [-0.25, -0.2) is 0 Å². The number of piperazine rings is 1. The Kier molecular flexibility index (Phi) is 5.80. The van der Waals surface area contributed by atoms with E-state index >= 15 is 0 Å². The Morgan fingerprint density at radius 2 is 1.96 bits per heavy atom. The van der Waals surface area contributed by atoms with E-state index in [0.29, 0.717) is 12.3 Å². The first-order valence-corrected chi connectivity index (χ1v) is 9.46. The number of hydrogen-bond donors (Lipinski definition) is 1. The first-order valence-electron chi connectivity index (χ1n) is 9.08. The maximum absolute atomic E-state index is 12.5. The van der Waals surface area contributed by atoms with Gasteiger partial charge in [0.05, 0.1) is 0 Å². The summed E-state index contributed by atoms with van der Waals surface area (Å²) in [5.41, 5.74) is 7.27. The van der Waals surface area contributed by atoms with E-state index in [4.69, 9.17) is 17.3 Å². The van der Waals surface area contributed by atoms with Crippen LogP contribution < -0.4 is 5.73 Å². The highest BCUT2D eigenvalue weighted by molar-refractivity contribution is 6.31. The predicted octanol–water partition coefficient (Wildman–Crippen LogP) is 3.06. The quantitative estimate of drug-likeness (QED) is 0.908. The van der Waals surface area contributed by atoms with E-state index in [1.165, 1.54) is 6.42 Å². The van der Waals surface area contributed by atoms with Crippen LogP contribution in [0.3, 0.4) is 0 Å². The summed E-state index contributed by atoms with van der Waals surface area (Å²) in [6, 6.07) is 8.52. The Labute approximate surface area is 149 Å². The second kappa shape index (κ2) is 7.85. The Balaban J connectivity index is 1.52. The average molecular weight is 350 g/mol. The van der Waals surface area contributed by atoms with Crippen LogP contribution in [0.1, 0.15) is 44.2 Å². The van der Waals surface area contributed by atoms with Crippen molar-refractivity contribution in [2.75, 3.05) is 26.2 Å². The summed E-state index contributed by atoms with van der Waals surface area (Å²) in [5, 5.41) is 0.818. The van der Waals surface area contributed by atoms with E-state index in [-0.39, 0.29) is 18.0 Å². The van der Waals surface area contributed by atoms with Gasteiger partial charge in [0.25, 0.3) is 0 Å². The first kappa shape index (κ1) is 17.7. The third kappa shape index (κ3) is 3.93. The number of carbonyl (C=O) groups is 1. The average Bonchev–Trinajstić information content (AvgIpc) is 3.00. The minimum absolute atomic E-state index is 0.218. The van der Waals surface area contributed by atoms with Crippen molar-refractivity contribution in [1.29, 1.82) is 0 Å². The van der Waals surface area contributed by atoms with Gasteiger partial charge in [0.15, 0.2) is 0 Å². The molecular formula is C19H28ClN3O. The lowest BCUT2D eigenvalue weighted by atomic mass is 9.99. The monoisotopic (exact) mass is 349 g/mol. The molecule has 0 spiro atoms. The summed E-state index contributed by atoms with van der Waals surface area (Å²) in [6.45, 7) is 5.59. The molecule has 0 bridgehead atoms. The number of nitrogens with zero attached hydrogens (tertiary/aromatic N) is 2. The van der Waals surface area contributed by atoms with Gasteiger partial charge in [-0.05, 0) is 37.3 Å². The highest BCUT2D eigenvalue weighted by Gasteiger charge is 2.30. The molecule has 1 aromatic rings. The zero-order valence-electron chi connectivity index (χ0n) is 14.5. The number of halogens is 1. The molecule has 1 amide bonds. The lowest BCUT2D eigenvalue weighted by Gasteiger charge is -2.39. The molecule has 1 saturated carbocycles. The van der Waals surface area contributed by atoms with Crippen molar-refractivity contribution in [3.63, 3.8) is 0 Å². The molecule has 1 aliphatic heterocycles. The molecule has 1 aromatic carbocycles. The van der Waals surface area contributed by atoms with E-state index in [1.807, 2.05) is 23.1 Å². The van der Waals surface area contributed by atoms with Crippen LogP contribution in [-0.4, -0.2) is 47.9 Å². The maximum Gasteiger partial charge on any atom is 0.222 e. The summed E-state index contributed by atoms with van der Waals surface area (Å²) in [7, 11) is 0. The highest BCUT2D eigenvalue weighted by Crippen LogP contribution is 2.29. The van der Waals surface area contributed by atoms with Crippen molar-refractivity contribution >= 4 is 17.5 Å². The molecule has 2 aliphatic rings. The number of benzene rings is 1. The molecule has 4 nitrogen and oxygen atoms in total. The number of hydrogen-bond acceptors (Lipinski definition) is 3. The van der Waals surface area contributed by atoms with Crippen LogP contribution in [0.4, 0.5) is 0 Å². The summed E-state index contributed by atoms with van der Waals surface area (Å²) in [4.78, 5) is 17.0. The predicted molar refractivity (Wildman–Crippen MR) is 98.0 cm³/mol. The molecule has 3 atom stereocenters. The van der Waals surface area contributed by atoms with Crippen LogP contribution in [-0.2, 0) is 4.79 Å². The second-order valence-electron chi connectivity index (χ2n) is 7.17. The topological polar surface area (TPSA) is 49.6 Å². The van der Waals surface area contributed by atoms with Crippen LogP contribution in [0.2, 0.25) is 5.02 Å². The van der Waals surface area contributed by atoms with E-state index in [0.717, 1.165) is 49.6 Å². The minimum atomic E-state index is 0.218. The molecule has 0 aromatic heterocycles. The lowest BCUT2D eigenvalue weighted by molar-refractivity contribution is -0.134. The van der Waals surface area contributed by atoms with Crippen molar-refractivity contribution < 1.29 is 4.79 Å². The molecule has 1 heterocycles. The van der Waals surface area contributed by atoms with Crippen molar-refractivity contribution in [2.24, 2.45) is 11.7 Å². The van der Waals surface area contributed by atoms with E-state index in [2.05, 4.69) is 17.9 Å². The van der Waals surface area contributed by atoms with Gasteiger partial charge in [-0.15, -0.1) is 0 Å². The zero-order chi connectivity index (χ0) is 17.1. The minimum Gasteiger partial charge on any atom is -0.340 e. The van der Waals surface area contributed by atoms with Crippen molar-refractivity contribution in [2.45, 2.75) is 44.7 Å². The van der Waals surface area contributed by atoms with Gasteiger partial charge in [0.2, 0.25) is 5.91 Å². The molecule has 1 aliphatic carbocycles. The molecule has 0 radical (unpaired) electrons. The first-order chi connectivity index (χ1) is 11.6. The van der Waals surface area contributed by atoms with Gasteiger partial charge in [-0.3, -0.25) is 9.69 Å². The molecule has 3 rings (SSSR count). The molecule has 24 heavy (non-hydrogen) atoms. The molecule has 2 N–H and O–H groups in total. The Morgan fingerprint density at radius 3 is 2.58 bits per heavy atom. The Morgan fingerprint density at radius 1 is 1.25 bits per heavy atom. The standard InChI is InChI=1S/C19H28ClN3O/c1-14(16-6-2-3-7-17(16)20)22-9-11-23(12-10-22)19(24)13-15-5-4-8-18(15)21/h2-3,6-7,14-15,18H,4-5,8-13,21H2,1H3/t14?,15-,18+/m0/s1. The van der Waals surface area contributed by atoms with Crippen molar-refractivity contribution in [3.8, 4) is 0 Å². The number of rotatable bonds is 4. The Bertz CT molecular complexity index is 571. The fourth-order valence-corrected chi connectivity index (χ4v) is 4.34. The summed E-state index contributed by atoms with van der Waals surface area (Å²) < 4.78 is 0. The molecule has 1 unspecified atom stereocenters. The van der Waals surface area contributed by atoms with Crippen molar-refractivity contribution in [3.05, 3.63) is 34.9 Å². The van der Waals surface area contributed by atoms with Crippen LogP contribution in [0.25, 0.3) is 0 Å². The summed E-state index contributed by atoms with van der Waals surface area (Å²) in [5.74, 6) is 0.667. The van der Waals surface area contributed by atoms with Crippen molar-refractivity contribution in [1.82, 2.24) is 9.80 Å². The molecule has 132 valence electrons. The number of nitrogens with two attached hydrogens (primary N) is 1. The Hall–Kier alpha value is -1.10. The van der Waals surface area contributed by atoms with E-state index in [1.54, 1.807) is 0 Å². The molecule has 2 fully saturated rings. The van der Waals surface area contributed by atoms with Crippen LogP contribution in [0.15, 0.2) is 24.3 Å². The highest BCUT2D eigenvalue weighted by atomic mass is 35.5. The molecular weight excluding hydrogens is 322 g/mol. The van der Waals surface area contributed by atoms with Gasteiger partial charge >= 0.3 is 0 Å². The third-order valence-corrected chi connectivity index (χ3v) is 6.07. The van der Waals surface area contributed by atoms with Gasteiger partial charge in [-0.2, -0.15) is 0 Å². The second-order valence-corrected chi connectivity index (χ2v) is 7.58. The van der Waals surface area contributed by atoms with Gasteiger partial charge in [0, 0.05) is 49.7 Å². The molecule has 5 heteroatoms. The maximum atomic E-state index is 12.5. The molecule has 1 saturated heterocycles. The van der Waals surface area contributed by atoms with Gasteiger partial charge < -0.3 is 10.6 Å². The lowest BCUT2D eigenvalue weighted by Crippen LogP contribution is -2.49. The smallest absolute Gasteiger partial charge is 0.222 e. The normalized spacial score (nSPS) is 26.5. The van der Waals surface area contributed by atoms with Crippen LogP contribution in [0, 0.1) is 5.92 Å². The fourth-order valence-electron chi connectivity index (χ4n) is 4.04. The van der Waals surface area contributed by atoms with E-state index in [9.17, 15) is 4.79 Å². The summed E-state index contributed by atoms with van der Waals surface area (Å²) in [6.07, 6.45) is 3.97. The SMILES string of the molecule is CC(c1ccccc1Cl)N1CCN(C(=O)C[C@@H]2CCC[C@H]2N)CC1. The number of carbonyl (C=O) groups excluding carboxylic acids is 1. The summed E-state index contributed by atoms with van der Waals surface area (Å²) >= 11 is 6.32. The van der Waals surface area contributed by atoms with Crippen LogP contribution in [0.5, 0.6) is 0 Å². The largest absolute Gasteiger partial charge is 0.340 e. The van der Waals surface area contributed by atoms with E-state index < -0.39 is 0 Å². The number of amides is 1. The van der Waals surface area contributed by atoms with Crippen LogP contribution >= 0.6 is 11.6 Å². The fraction of sp³-hybridized carbons (Fsp3) is 0.632. The van der Waals surface area contributed by atoms with Gasteiger partial charge in [-0.1, -0.05) is 36.2 Å². The zero-order valence-corrected chi connectivity index (χ0v) is 15.2.